The van der Waals surface area contributed by atoms with Crippen molar-refractivity contribution in [1.29, 1.82) is 0 Å². The molecule has 0 unspecified atom stereocenters. The van der Waals surface area contributed by atoms with Crippen molar-refractivity contribution in [1.82, 2.24) is 14.8 Å². The van der Waals surface area contributed by atoms with Crippen LogP contribution in [0, 0.1) is 0 Å². The van der Waals surface area contributed by atoms with Crippen LogP contribution in [-0.2, 0) is 10.5 Å². The van der Waals surface area contributed by atoms with Crippen molar-refractivity contribution >= 4 is 17.7 Å². The largest absolute Gasteiger partial charge is 0.468 e. The van der Waals surface area contributed by atoms with Gasteiger partial charge in [-0.25, -0.2) is 4.79 Å². The molecule has 3 heterocycles. The molecule has 0 amide bonds. The zero-order valence-electron chi connectivity index (χ0n) is 15.1. The Morgan fingerprint density at radius 2 is 2.07 bits per heavy atom. The van der Waals surface area contributed by atoms with Crippen LogP contribution in [0.5, 0.6) is 0 Å². The lowest BCUT2D eigenvalue weighted by Crippen LogP contribution is -2.15. The van der Waals surface area contributed by atoms with Crippen molar-refractivity contribution in [3.63, 3.8) is 0 Å². The van der Waals surface area contributed by atoms with Crippen molar-refractivity contribution in [2.75, 3.05) is 7.11 Å². The molecule has 4 rings (SSSR count). The number of methoxy groups -OCH3 is 1. The van der Waals surface area contributed by atoms with Crippen LogP contribution in [0.1, 0.15) is 54.3 Å². The lowest BCUT2D eigenvalue weighted by atomic mass is 9.95. The molecule has 0 aromatic carbocycles. The second-order valence-electron chi connectivity index (χ2n) is 6.48. The standard InChI is InChI=1S/C19H21N3O4S/c1-24-18(23)14-9-11-26-16(14)12-27-19-21-20-17(15-8-5-10-25-15)22(19)13-6-3-2-4-7-13/h5,8-11,13H,2-4,6-7,12H2,1H3. The van der Waals surface area contributed by atoms with E-state index in [9.17, 15) is 4.79 Å². The Bertz CT molecular complexity index is 894. The van der Waals surface area contributed by atoms with Crippen molar-refractivity contribution in [2.45, 2.75) is 49.1 Å². The SMILES string of the molecule is COC(=O)c1ccoc1CSc1nnc(-c2ccco2)n1C1CCCCC1. The molecule has 1 aliphatic carbocycles. The normalized spacial score (nSPS) is 15.1. The fourth-order valence-electron chi connectivity index (χ4n) is 3.49. The summed E-state index contributed by atoms with van der Waals surface area (Å²) in [5.74, 6) is 2.12. The number of nitrogens with zero attached hydrogens (tertiary/aromatic N) is 3. The van der Waals surface area contributed by atoms with Gasteiger partial charge in [0, 0.05) is 6.04 Å². The lowest BCUT2D eigenvalue weighted by Gasteiger charge is -2.25. The molecular weight excluding hydrogens is 366 g/mol. The number of thioether (sulfide) groups is 1. The van der Waals surface area contributed by atoms with Crippen LogP contribution in [-0.4, -0.2) is 27.8 Å². The van der Waals surface area contributed by atoms with Crippen molar-refractivity contribution in [3.8, 4) is 11.6 Å². The highest BCUT2D eigenvalue weighted by Crippen LogP contribution is 2.36. The number of aromatic nitrogens is 3. The monoisotopic (exact) mass is 387 g/mol. The van der Waals surface area contributed by atoms with E-state index in [1.165, 1.54) is 44.4 Å². The highest BCUT2D eigenvalue weighted by Gasteiger charge is 2.25. The van der Waals surface area contributed by atoms with Gasteiger partial charge in [0.15, 0.2) is 10.9 Å². The third-order valence-electron chi connectivity index (χ3n) is 4.83. The van der Waals surface area contributed by atoms with Crippen LogP contribution in [0.25, 0.3) is 11.6 Å². The summed E-state index contributed by atoms with van der Waals surface area (Å²) < 4.78 is 18.0. The second kappa shape index (κ2) is 8.04. The Kier molecular flexibility index (Phi) is 5.33. The first-order valence-corrected chi connectivity index (χ1v) is 10.0. The number of carbonyl (C=O) groups excluding carboxylic acids is 1. The molecule has 0 atom stereocenters. The second-order valence-corrected chi connectivity index (χ2v) is 7.43. The molecule has 142 valence electrons. The maximum absolute atomic E-state index is 11.8. The van der Waals surface area contributed by atoms with E-state index < -0.39 is 5.97 Å². The zero-order valence-corrected chi connectivity index (χ0v) is 15.9. The Labute approximate surface area is 161 Å². The first-order valence-electron chi connectivity index (χ1n) is 9.04. The van der Waals surface area contributed by atoms with E-state index in [0.29, 0.717) is 28.9 Å². The molecular formula is C19H21N3O4S. The smallest absolute Gasteiger partial charge is 0.341 e. The lowest BCUT2D eigenvalue weighted by molar-refractivity contribution is 0.0598. The van der Waals surface area contributed by atoms with Crippen LogP contribution in [0.15, 0.2) is 44.7 Å². The minimum absolute atomic E-state index is 0.355. The van der Waals surface area contributed by atoms with E-state index in [2.05, 4.69) is 14.8 Å². The van der Waals surface area contributed by atoms with Crippen LogP contribution >= 0.6 is 11.8 Å². The van der Waals surface area contributed by atoms with Gasteiger partial charge in [-0.15, -0.1) is 10.2 Å². The molecule has 0 aliphatic heterocycles. The van der Waals surface area contributed by atoms with Crippen molar-refractivity contribution < 1.29 is 18.4 Å². The highest BCUT2D eigenvalue weighted by atomic mass is 32.2. The summed E-state index contributed by atoms with van der Waals surface area (Å²) in [7, 11) is 1.36. The minimum Gasteiger partial charge on any atom is -0.468 e. The number of carbonyl (C=O) groups is 1. The topological polar surface area (TPSA) is 83.3 Å². The van der Waals surface area contributed by atoms with Gasteiger partial charge in [-0.3, -0.25) is 4.57 Å². The van der Waals surface area contributed by atoms with E-state index in [4.69, 9.17) is 13.6 Å². The summed E-state index contributed by atoms with van der Waals surface area (Å²) in [5.41, 5.74) is 0.444. The van der Waals surface area contributed by atoms with Gasteiger partial charge in [0.25, 0.3) is 0 Å². The summed E-state index contributed by atoms with van der Waals surface area (Å²) in [6.45, 7) is 0. The van der Waals surface area contributed by atoms with Gasteiger partial charge in [-0.1, -0.05) is 31.0 Å². The van der Waals surface area contributed by atoms with Gasteiger partial charge in [0.1, 0.15) is 11.3 Å². The first kappa shape index (κ1) is 17.9. The predicted octanol–water partition coefficient (Wildman–Crippen LogP) is 4.72. The van der Waals surface area contributed by atoms with E-state index in [1.54, 1.807) is 12.3 Å². The fraction of sp³-hybridized carbons (Fsp3) is 0.421. The molecule has 0 N–H and O–H groups in total. The number of hydrogen-bond acceptors (Lipinski definition) is 7. The molecule has 7 nitrogen and oxygen atoms in total. The predicted molar refractivity (Wildman–Crippen MR) is 99.5 cm³/mol. The van der Waals surface area contributed by atoms with E-state index >= 15 is 0 Å². The molecule has 3 aromatic heterocycles. The average molecular weight is 387 g/mol. The van der Waals surface area contributed by atoms with Crippen molar-refractivity contribution in [2.24, 2.45) is 0 Å². The number of esters is 1. The molecule has 1 saturated carbocycles. The van der Waals surface area contributed by atoms with Gasteiger partial charge in [0.05, 0.1) is 25.4 Å². The number of rotatable bonds is 6. The summed E-state index contributed by atoms with van der Waals surface area (Å²) in [6, 6.07) is 5.74. The molecule has 0 radical (unpaired) electrons. The summed E-state index contributed by atoms with van der Waals surface area (Å²) >= 11 is 1.50. The van der Waals surface area contributed by atoms with Crippen LogP contribution in [0.3, 0.4) is 0 Å². The fourth-order valence-corrected chi connectivity index (χ4v) is 4.45. The zero-order chi connectivity index (χ0) is 18.6. The van der Waals surface area contributed by atoms with Gasteiger partial charge in [0.2, 0.25) is 5.82 Å². The average Bonchev–Trinajstić information content (AvgIpc) is 3.46. The minimum atomic E-state index is -0.399. The van der Waals surface area contributed by atoms with Crippen molar-refractivity contribution in [3.05, 3.63) is 42.0 Å². The molecule has 1 aliphatic rings. The van der Waals surface area contributed by atoms with Gasteiger partial charge >= 0.3 is 5.97 Å². The third-order valence-corrected chi connectivity index (χ3v) is 5.77. The number of ether oxygens (including phenoxy) is 1. The first-order chi connectivity index (χ1) is 13.3. The maximum Gasteiger partial charge on any atom is 0.341 e. The summed E-state index contributed by atoms with van der Waals surface area (Å²) in [4.78, 5) is 11.8. The van der Waals surface area contributed by atoms with E-state index in [1.807, 2.05) is 12.1 Å². The highest BCUT2D eigenvalue weighted by molar-refractivity contribution is 7.98. The number of hydrogen-bond donors (Lipinski definition) is 0. The Morgan fingerprint density at radius 1 is 1.22 bits per heavy atom. The molecule has 8 heteroatoms. The Hall–Kier alpha value is -2.48. The molecule has 0 spiro atoms. The van der Waals surface area contributed by atoms with Gasteiger partial charge in [-0.2, -0.15) is 0 Å². The van der Waals surface area contributed by atoms with Crippen LogP contribution < -0.4 is 0 Å². The maximum atomic E-state index is 11.8. The Balaban J connectivity index is 1.61. The molecule has 1 fully saturated rings. The van der Waals surface area contributed by atoms with Crippen LogP contribution in [0.4, 0.5) is 0 Å². The summed E-state index contributed by atoms with van der Waals surface area (Å²) in [6.07, 6.45) is 9.03. The van der Waals surface area contributed by atoms with E-state index in [0.717, 1.165) is 23.8 Å². The third kappa shape index (κ3) is 3.66. The Morgan fingerprint density at radius 3 is 2.81 bits per heavy atom. The molecule has 0 bridgehead atoms. The van der Waals surface area contributed by atoms with Crippen LogP contribution in [0.2, 0.25) is 0 Å². The molecule has 3 aromatic rings. The molecule has 0 saturated heterocycles. The summed E-state index contributed by atoms with van der Waals surface area (Å²) in [5, 5.41) is 9.59. The van der Waals surface area contributed by atoms with E-state index in [-0.39, 0.29) is 0 Å². The molecule has 27 heavy (non-hydrogen) atoms. The van der Waals surface area contributed by atoms with Gasteiger partial charge in [-0.05, 0) is 31.0 Å². The number of furan rings is 2. The van der Waals surface area contributed by atoms with Gasteiger partial charge < -0.3 is 13.6 Å². The quantitative estimate of drug-likeness (QED) is 0.447.